The van der Waals surface area contributed by atoms with Crippen molar-refractivity contribution in [2.45, 2.75) is 84.7 Å². The van der Waals surface area contributed by atoms with Crippen LogP contribution in [0.15, 0.2) is 60.7 Å². The van der Waals surface area contributed by atoms with E-state index in [9.17, 15) is 0 Å². The molecule has 3 heteroatoms. The smallest absolute Gasteiger partial charge is 0.388 e. The zero-order valence-electron chi connectivity index (χ0n) is 19.9. The van der Waals surface area contributed by atoms with Crippen molar-refractivity contribution in [3.05, 3.63) is 60.7 Å². The summed E-state index contributed by atoms with van der Waals surface area (Å²) in [6.45, 7) is 7.79. The molecule has 0 spiro atoms. The number of benzene rings is 2. The third kappa shape index (κ3) is 7.03. The predicted octanol–water partition coefficient (Wildman–Crippen LogP) is 6.46. The van der Waals surface area contributed by atoms with E-state index in [4.69, 9.17) is 8.85 Å². The second-order valence-electron chi connectivity index (χ2n) is 9.62. The van der Waals surface area contributed by atoms with Gasteiger partial charge in [0.15, 0.2) is 0 Å². The second-order valence-corrected chi connectivity index (χ2v) is 12.5. The SMILES string of the molecule is CCCCCCCCO[Si](OC1CC(C)CC(C)C1)(c1ccccc1)c1ccccc1. The van der Waals surface area contributed by atoms with Gasteiger partial charge in [0.25, 0.3) is 0 Å². The van der Waals surface area contributed by atoms with Gasteiger partial charge in [-0.2, -0.15) is 0 Å². The summed E-state index contributed by atoms with van der Waals surface area (Å²) in [5.74, 6) is 1.43. The lowest BCUT2D eigenvalue weighted by atomic mass is 9.82. The van der Waals surface area contributed by atoms with Gasteiger partial charge in [-0.05, 0) is 47.9 Å². The first kappa shape index (κ1) is 24.2. The van der Waals surface area contributed by atoms with Crippen molar-refractivity contribution < 1.29 is 8.85 Å². The molecule has 2 aromatic carbocycles. The fourth-order valence-electron chi connectivity index (χ4n) is 5.12. The van der Waals surface area contributed by atoms with Crippen LogP contribution in [0.3, 0.4) is 0 Å². The van der Waals surface area contributed by atoms with Gasteiger partial charge in [0, 0.05) is 12.7 Å². The second kappa shape index (κ2) is 12.6. The Bertz CT molecular complexity index is 684. The van der Waals surface area contributed by atoms with Crippen molar-refractivity contribution in [1.29, 1.82) is 0 Å². The molecule has 2 nitrogen and oxygen atoms in total. The number of rotatable bonds is 12. The van der Waals surface area contributed by atoms with E-state index in [1.807, 2.05) is 0 Å². The lowest BCUT2D eigenvalue weighted by Gasteiger charge is -2.39. The molecule has 0 radical (unpaired) electrons. The van der Waals surface area contributed by atoms with E-state index in [0.717, 1.165) is 25.9 Å². The van der Waals surface area contributed by atoms with E-state index in [1.54, 1.807) is 0 Å². The summed E-state index contributed by atoms with van der Waals surface area (Å²) in [5.41, 5.74) is 0. The number of unbranched alkanes of at least 4 members (excludes halogenated alkanes) is 5. The van der Waals surface area contributed by atoms with Crippen LogP contribution >= 0.6 is 0 Å². The summed E-state index contributed by atoms with van der Waals surface area (Å²) in [4.78, 5) is 0. The molecule has 0 saturated heterocycles. The molecular weight excluding hydrogens is 396 g/mol. The van der Waals surface area contributed by atoms with Crippen LogP contribution in [0.2, 0.25) is 0 Å². The summed E-state index contributed by atoms with van der Waals surface area (Å²) in [5, 5.41) is 2.47. The number of hydrogen-bond donors (Lipinski definition) is 0. The maximum absolute atomic E-state index is 7.15. The van der Waals surface area contributed by atoms with Gasteiger partial charge in [-0.1, -0.05) is 114 Å². The van der Waals surface area contributed by atoms with Gasteiger partial charge in [-0.15, -0.1) is 0 Å². The summed E-state index contributed by atoms with van der Waals surface area (Å²) < 4.78 is 14.1. The van der Waals surface area contributed by atoms with E-state index < -0.39 is 8.56 Å². The summed E-state index contributed by atoms with van der Waals surface area (Å²) in [6, 6.07) is 21.6. The third-order valence-electron chi connectivity index (χ3n) is 6.58. The van der Waals surface area contributed by atoms with Crippen LogP contribution in [0.5, 0.6) is 0 Å². The fourth-order valence-corrected chi connectivity index (χ4v) is 8.48. The minimum absolute atomic E-state index is 0.274. The van der Waals surface area contributed by atoms with E-state index in [2.05, 4.69) is 81.4 Å². The summed E-state index contributed by atoms with van der Waals surface area (Å²) in [7, 11) is -2.77. The molecule has 0 aromatic heterocycles. The quantitative estimate of drug-likeness (QED) is 0.280. The van der Waals surface area contributed by atoms with Crippen molar-refractivity contribution in [2.75, 3.05) is 6.61 Å². The Labute approximate surface area is 191 Å². The first-order valence-corrected chi connectivity index (χ1v) is 14.4. The molecule has 3 rings (SSSR count). The van der Waals surface area contributed by atoms with Crippen LogP contribution in [-0.2, 0) is 8.85 Å². The van der Waals surface area contributed by atoms with Gasteiger partial charge in [0.1, 0.15) is 0 Å². The van der Waals surface area contributed by atoms with Crippen molar-refractivity contribution >= 4 is 18.9 Å². The lowest BCUT2D eigenvalue weighted by molar-refractivity contribution is 0.0654. The Balaban J connectivity index is 1.83. The van der Waals surface area contributed by atoms with Crippen molar-refractivity contribution in [1.82, 2.24) is 0 Å². The molecule has 1 aliphatic carbocycles. The van der Waals surface area contributed by atoms with E-state index in [1.165, 1.54) is 48.9 Å². The average Bonchev–Trinajstić information content (AvgIpc) is 2.78. The summed E-state index contributed by atoms with van der Waals surface area (Å²) in [6.07, 6.45) is 11.5. The maximum atomic E-state index is 7.15. The van der Waals surface area contributed by atoms with Gasteiger partial charge in [-0.25, -0.2) is 0 Å². The average molecular weight is 439 g/mol. The molecule has 1 saturated carbocycles. The van der Waals surface area contributed by atoms with Gasteiger partial charge in [0.2, 0.25) is 0 Å². The first-order chi connectivity index (χ1) is 15.1. The molecule has 170 valence electrons. The van der Waals surface area contributed by atoms with E-state index in [-0.39, 0.29) is 6.10 Å². The van der Waals surface area contributed by atoms with Crippen LogP contribution < -0.4 is 10.4 Å². The zero-order chi connectivity index (χ0) is 21.9. The van der Waals surface area contributed by atoms with Gasteiger partial charge in [-0.3, -0.25) is 0 Å². The minimum Gasteiger partial charge on any atom is -0.388 e. The Morgan fingerprint density at radius 2 is 1.23 bits per heavy atom. The highest BCUT2D eigenvalue weighted by atomic mass is 28.4. The normalized spacial score (nSPS) is 21.8. The van der Waals surface area contributed by atoms with Crippen LogP contribution in [-0.4, -0.2) is 21.3 Å². The topological polar surface area (TPSA) is 18.5 Å². The molecule has 0 heterocycles. The van der Waals surface area contributed by atoms with Crippen LogP contribution in [0.25, 0.3) is 0 Å². The molecule has 0 amide bonds. The van der Waals surface area contributed by atoms with Crippen LogP contribution in [0, 0.1) is 11.8 Å². The van der Waals surface area contributed by atoms with Crippen LogP contribution in [0.1, 0.15) is 78.6 Å². The van der Waals surface area contributed by atoms with E-state index >= 15 is 0 Å². The molecule has 0 N–H and O–H groups in total. The van der Waals surface area contributed by atoms with E-state index in [0.29, 0.717) is 11.8 Å². The first-order valence-electron chi connectivity index (χ1n) is 12.6. The largest absolute Gasteiger partial charge is 0.407 e. The van der Waals surface area contributed by atoms with Gasteiger partial charge in [0.05, 0.1) is 0 Å². The predicted molar refractivity (Wildman–Crippen MR) is 134 cm³/mol. The van der Waals surface area contributed by atoms with Gasteiger partial charge < -0.3 is 8.85 Å². The standard InChI is InChI=1S/C28H42O2Si/c1-4-5-6-7-8-15-20-29-31(27-16-11-9-12-17-27,28-18-13-10-14-19-28)30-26-22-24(2)21-25(3)23-26/h9-14,16-19,24-26H,4-8,15,20-23H2,1-3H3. The van der Waals surface area contributed by atoms with Crippen LogP contribution in [0.4, 0.5) is 0 Å². The Morgan fingerprint density at radius 1 is 0.710 bits per heavy atom. The zero-order valence-corrected chi connectivity index (χ0v) is 20.9. The van der Waals surface area contributed by atoms with Crippen molar-refractivity contribution in [2.24, 2.45) is 11.8 Å². The Morgan fingerprint density at radius 3 is 1.77 bits per heavy atom. The summed E-state index contributed by atoms with van der Waals surface area (Å²) >= 11 is 0. The lowest BCUT2D eigenvalue weighted by Crippen LogP contribution is -2.65. The van der Waals surface area contributed by atoms with Crippen molar-refractivity contribution in [3.63, 3.8) is 0 Å². The fraction of sp³-hybridized carbons (Fsp3) is 0.571. The Kier molecular flexibility index (Phi) is 9.82. The molecule has 1 fully saturated rings. The maximum Gasteiger partial charge on any atom is 0.407 e. The molecule has 2 aromatic rings. The monoisotopic (exact) mass is 438 g/mol. The molecule has 0 bridgehead atoms. The molecule has 0 aliphatic heterocycles. The highest BCUT2D eigenvalue weighted by Crippen LogP contribution is 2.32. The third-order valence-corrected chi connectivity index (χ3v) is 10.0. The number of hydrogen-bond acceptors (Lipinski definition) is 2. The van der Waals surface area contributed by atoms with Crippen molar-refractivity contribution in [3.8, 4) is 0 Å². The molecular formula is C28H42O2Si. The van der Waals surface area contributed by atoms with Gasteiger partial charge >= 0.3 is 8.56 Å². The highest BCUT2D eigenvalue weighted by molar-refractivity contribution is 6.92. The molecule has 2 atom stereocenters. The molecule has 2 unspecified atom stereocenters. The minimum atomic E-state index is -2.77. The molecule has 1 aliphatic rings. The Hall–Kier alpha value is -1.42. The molecule has 31 heavy (non-hydrogen) atoms. The highest BCUT2D eigenvalue weighted by Gasteiger charge is 2.45.